The molecule has 11 heteroatoms. The van der Waals surface area contributed by atoms with Crippen LogP contribution in [-0.4, -0.2) is 58.7 Å². The molecule has 1 aliphatic carbocycles. The maximum Gasteiger partial charge on any atom is 0.326 e. The van der Waals surface area contributed by atoms with Crippen molar-refractivity contribution < 1.29 is 23.3 Å². The number of aliphatic carboxylic acids is 1. The average Bonchev–Trinajstić information content (AvgIpc) is 3.23. The molecular weight excluding hydrogens is 483 g/mol. The molecule has 8 nitrogen and oxygen atoms in total. The lowest BCUT2D eigenvalue weighted by Crippen LogP contribution is -2.46. The van der Waals surface area contributed by atoms with Crippen molar-refractivity contribution in [2.45, 2.75) is 40.9 Å². The summed E-state index contributed by atoms with van der Waals surface area (Å²) in [7, 11) is -1.61. The van der Waals surface area contributed by atoms with Crippen LogP contribution in [0.1, 0.15) is 25.0 Å². The zero-order chi connectivity index (χ0) is 24.0. The van der Waals surface area contributed by atoms with Crippen LogP contribution in [0.25, 0.3) is 5.69 Å². The fourth-order valence-corrected chi connectivity index (χ4v) is 6.27. The third-order valence-corrected chi connectivity index (χ3v) is 8.30. The molecule has 2 aromatic heterocycles. The summed E-state index contributed by atoms with van der Waals surface area (Å²) < 4.78 is 29.8. The number of hydrogen-bond acceptors (Lipinski definition) is 5. The van der Waals surface area contributed by atoms with Gasteiger partial charge in [0, 0.05) is 25.1 Å². The first-order valence-electron chi connectivity index (χ1n) is 10.7. The van der Waals surface area contributed by atoms with E-state index in [1.807, 2.05) is 0 Å². The summed E-state index contributed by atoms with van der Waals surface area (Å²) in [6, 6.07) is 8.72. The second kappa shape index (κ2) is 8.59. The number of amides is 1. The third-order valence-electron chi connectivity index (χ3n) is 6.37. The van der Waals surface area contributed by atoms with Crippen molar-refractivity contribution in [2.24, 2.45) is 0 Å². The number of carbonyl (C=O) groups excluding carboxylic acids is 1. The summed E-state index contributed by atoms with van der Waals surface area (Å²) in [6.07, 6.45) is 5.34. The van der Waals surface area contributed by atoms with Gasteiger partial charge in [0.15, 0.2) is 0 Å². The molecule has 1 unspecified atom stereocenters. The van der Waals surface area contributed by atoms with Crippen LogP contribution in [-0.2, 0) is 25.8 Å². The van der Waals surface area contributed by atoms with Crippen LogP contribution in [0.4, 0.5) is 4.39 Å². The summed E-state index contributed by atoms with van der Waals surface area (Å²) in [5.74, 6) is -2.39. The summed E-state index contributed by atoms with van der Waals surface area (Å²) in [5.41, 5.74) is -0.626. The van der Waals surface area contributed by atoms with Gasteiger partial charge in [-0.3, -0.25) is 14.0 Å². The van der Waals surface area contributed by atoms with E-state index < -0.39 is 45.2 Å². The Bertz CT molecular complexity index is 1300. The van der Waals surface area contributed by atoms with E-state index in [4.69, 9.17) is 11.6 Å². The molecule has 1 aliphatic heterocycles. The number of carboxylic acid groups (broad SMARTS) is 1. The molecule has 0 spiro atoms. The molecule has 34 heavy (non-hydrogen) atoms. The third kappa shape index (κ3) is 3.80. The van der Waals surface area contributed by atoms with Crippen molar-refractivity contribution in [1.29, 1.82) is 0 Å². The second-order valence-electron chi connectivity index (χ2n) is 8.45. The summed E-state index contributed by atoms with van der Waals surface area (Å²) in [4.78, 5) is 31.4. The molecule has 2 fully saturated rings. The van der Waals surface area contributed by atoms with E-state index >= 15 is 0 Å². The van der Waals surface area contributed by atoms with Crippen molar-refractivity contribution in [3.8, 4) is 5.69 Å². The number of carbonyl (C=O) groups is 2. The highest BCUT2D eigenvalue weighted by atomic mass is 35.5. The Hall–Kier alpha value is -3.11. The normalized spacial score (nSPS) is 21.9. The zero-order valence-electron chi connectivity index (χ0n) is 17.8. The number of rotatable bonds is 6. The van der Waals surface area contributed by atoms with E-state index in [2.05, 4.69) is 10.1 Å². The van der Waals surface area contributed by atoms with E-state index in [-0.39, 0.29) is 23.7 Å². The predicted octanol–water partition coefficient (Wildman–Crippen LogP) is 2.95. The molecule has 1 aromatic carbocycles. The molecule has 1 N–H and O–H groups in total. The largest absolute Gasteiger partial charge is 0.480 e. The highest BCUT2D eigenvalue weighted by molar-refractivity contribution is 7.85. The minimum Gasteiger partial charge on any atom is -0.480 e. The Labute approximate surface area is 201 Å². The van der Waals surface area contributed by atoms with Crippen LogP contribution in [0.3, 0.4) is 0 Å². The van der Waals surface area contributed by atoms with E-state index in [9.17, 15) is 23.3 Å². The first-order valence-corrected chi connectivity index (χ1v) is 12.3. The molecule has 3 aromatic rings. The number of aromatic nitrogens is 3. The van der Waals surface area contributed by atoms with Crippen LogP contribution in [0.2, 0.25) is 5.02 Å². The number of carboxylic acids is 1. The van der Waals surface area contributed by atoms with E-state index in [0.717, 1.165) is 6.07 Å². The summed E-state index contributed by atoms with van der Waals surface area (Å²) >= 11 is 5.81. The number of nitrogens with zero attached hydrogens (tertiary/aromatic N) is 4. The molecular formula is C23H20ClFN4O4S. The summed E-state index contributed by atoms with van der Waals surface area (Å²) in [6.45, 7) is -0.0210. The Morgan fingerprint density at radius 3 is 2.65 bits per heavy atom. The minimum absolute atomic E-state index is 0.0210. The standard InChI is InChI=1S/C23H20ClFN4O4S/c24-14-10-16(25)20(26-12-14)23(6-7-23)22(32)28-13-15(11-18(28)21(30)31)34(33)19-5-2-1-4-17(19)29-9-3-8-27-29/h1-5,8-10,12,15,18H,6-7,11,13H2,(H,30,31)/t15-,18+,34?/m1/s1. The first-order chi connectivity index (χ1) is 16.3. The lowest BCUT2D eigenvalue weighted by atomic mass is 9.98. The number of hydrogen-bond donors (Lipinski definition) is 1. The lowest BCUT2D eigenvalue weighted by Gasteiger charge is -2.26. The minimum atomic E-state index is -1.61. The second-order valence-corrected chi connectivity index (χ2v) is 10.6. The van der Waals surface area contributed by atoms with E-state index in [1.165, 1.54) is 11.1 Å². The molecule has 1 saturated heterocycles. The highest BCUT2D eigenvalue weighted by Crippen LogP contribution is 2.51. The number of para-hydroxylation sites is 1. The van der Waals surface area contributed by atoms with Crippen molar-refractivity contribution in [3.63, 3.8) is 0 Å². The molecule has 0 radical (unpaired) electrons. The first kappa shape index (κ1) is 22.7. The number of halogens is 2. The number of pyridine rings is 1. The molecule has 0 bridgehead atoms. The van der Waals surface area contributed by atoms with Crippen LogP contribution in [0.15, 0.2) is 59.9 Å². The highest BCUT2D eigenvalue weighted by Gasteiger charge is 2.58. The van der Waals surface area contributed by atoms with Crippen LogP contribution >= 0.6 is 11.6 Å². The van der Waals surface area contributed by atoms with E-state index in [0.29, 0.717) is 23.4 Å². The number of benzene rings is 1. The van der Waals surface area contributed by atoms with E-state index in [1.54, 1.807) is 47.4 Å². The molecule has 3 atom stereocenters. The van der Waals surface area contributed by atoms with Gasteiger partial charge in [0.05, 0.1) is 42.8 Å². The van der Waals surface area contributed by atoms with Crippen LogP contribution < -0.4 is 0 Å². The fraction of sp³-hybridized carbons (Fsp3) is 0.304. The molecule has 3 heterocycles. The SMILES string of the molecule is O=C(O)[C@@H]1C[C@@H](S(=O)c2ccccc2-n2cccn2)CN1C(=O)C1(c2ncc(Cl)cc2F)CC1. The molecule has 2 aliphatic rings. The van der Waals surface area contributed by atoms with Gasteiger partial charge >= 0.3 is 5.97 Å². The van der Waals surface area contributed by atoms with Crippen molar-refractivity contribution >= 4 is 34.3 Å². The van der Waals surface area contributed by atoms with Gasteiger partial charge in [-0.15, -0.1) is 0 Å². The monoisotopic (exact) mass is 502 g/mol. The quantitative estimate of drug-likeness (QED) is 0.555. The van der Waals surface area contributed by atoms with Gasteiger partial charge < -0.3 is 10.0 Å². The maximum atomic E-state index is 14.6. The zero-order valence-corrected chi connectivity index (χ0v) is 19.4. The molecule has 176 valence electrons. The average molecular weight is 503 g/mol. The van der Waals surface area contributed by atoms with Crippen molar-refractivity contribution in [2.75, 3.05) is 6.54 Å². The number of likely N-dealkylation sites (tertiary alicyclic amines) is 1. The van der Waals surface area contributed by atoms with Crippen molar-refractivity contribution in [3.05, 3.63) is 71.5 Å². The maximum absolute atomic E-state index is 14.6. The Morgan fingerprint density at radius 2 is 2.00 bits per heavy atom. The lowest BCUT2D eigenvalue weighted by molar-refractivity contribution is -0.149. The fourth-order valence-electron chi connectivity index (χ4n) is 4.54. The van der Waals surface area contributed by atoms with Gasteiger partial charge in [-0.05, 0) is 43.5 Å². The Kier molecular flexibility index (Phi) is 5.73. The Balaban J connectivity index is 1.44. The summed E-state index contributed by atoms with van der Waals surface area (Å²) in [5, 5.41) is 13.5. The molecule has 5 rings (SSSR count). The van der Waals surface area contributed by atoms with Gasteiger partial charge in [0.2, 0.25) is 5.91 Å². The predicted molar refractivity (Wildman–Crippen MR) is 122 cm³/mol. The Morgan fingerprint density at radius 1 is 1.24 bits per heavy atom. The van der Waals surface area contributed by atoms with Gasteiger partial charge in [-0.1, -0.05) is 23.7 Å². The van der Waals surface area contributed by atoms with Crippen LogP contribution in [0, 0.1) is 5.82 Å². The van der Waals surface area contributed by atoms with Gasteiger partial charge in [0.1, 0.15) is 11.9 Å². The smallest absolute Gasteiger partial charge is 0.326 e. The molecule has 1 saturated carbocycles. The van der Waals surface area contributed by atoms with Crippen LogP contribution in [0.5, 0.6) is 0 Å². The molecule has 1 amide bonds. The van der Waals surface area contributed by atoms with Gasteiger partial charge in [0.25, 0.3) is 0 Å². The van der Waals surface area contributed by atoms with Crippen molar-refractivity contribution in [1.82, 2.24) is 19.7 Å². The van der Waals surface area contributed by atoms with Gasteiger partial charge in [-0.2, -0.15) is 5.10 Å². The van der Waals surface area contributed by atoms with Gasteiger partial charge in [-0.25, -0.2) is 13.9 Å². The topological polar surface area (TPSA) is 105 Å².